The summed E-state index contributed by atoms with van der Waals surface area (Å²) in [6.07, 6.45) is -4.36. The van der Waals surface area contributed by atoms with Crippen molar-refractivity contribution in [3.63, 3.8) is 0 Å². The number of carbonyl (C=O) groups is 2. The van der Waals surface area contributed by atoms with Crippen LogP contribution in [0.15, 0.2) is 42.7 Å². The van der Waals surface area contributed by atoms with Gasteiger partial charge in [-0.1, -0.05) is 12.1 Å². The van der Waals surface area contributed by atoms with Crippen LogP contribution in [-0.4, -0.2) is 33.2 Å². The summed E-state index contributed by atoms with van der Waals surface area (Å²) in [4.78, 5) is 30.9. The molecule has 10 heteroatoms. The molecule has 0 saturated carbocycles. The predicted octanol–water partition coefficient (Wildman–Crippen LogP) is 2.98. The molecule has 0 bridgehead atoms. The van der Waals surface area contributed by atoms with E-state index in [4.69, 9.17) is 4.74 Å². The molecule has 7 nitrogen and oxygen atoms in total. The van der Waals surface area contributed by atoms with Gasteiger partial charge in [-0.25, -0.2) is 19.6 Å². The van der Waals surface area contributed by atoms with Gasteiger partial charge in [0, 0.05) is 12.4 Å². The number of aliphatic carboxylic acids is 1. The average Bonchev–Trinajstić information content (AvgIpc) is 2.61. The molecule has 0 unspecified atom stereocenters. The molecule has 2 rings (SSSR count). The van der Waals surface area contributed by atoms with Crippen molar-refractivity contribution < 1.29 is 32.6 Å². The quantitative estimate of drug-likeness (QED) is 0.795. The maximum absolute atomic E-state index is 12.6. The largest absolute Gasteiger partial charge is 0.478 e. The number of aromatic nitrogens is 2. The summed E-state index contributed by atoms with van der Waals surface area (Å²) in [6, 6.07) is 5.10. The van der Waals surface area contributed by atoms with Gasteiger partial charge in [-0.3, -0.25) is 0 Å². The molecule has 0 saturated heterocycles. The number of hydrogen-bond acceptors (Lipinski definition) is 5. The van der Waals surface area contributed by atoms with Crippen LogP contribution in [0, 0.1) is 0 Å². The summed E-state index contributed by atoms with van der Waals surface area (Å²) in [5, 5.41) is 11.6. The number of carboxylic acids is 1. The second kappa shape index (κ2) is 8.47. The lowest BCUT2D eigenvalue weighted by atomic mass is 10.1. The molecule has 1 amide bonds. The number of halogens is 3. The molecule has 0 fully saturated rings. The highest BCUT2D eigenvalue weighted by molar-refractivity contribution is 5.77. The van der Waals surface area contributed by atoms with E-state index < -0.39 is 35.9 Å². The summed E-state index contributed by atoms with van der Waals surface area (Å²) >= 11 is 0. The van der Waals surface area contributed by atoms with Crippen LogP contribution >= 0.6 is 0 Å². The Hall–Kier alpha value is -3.17. The molecule has 27 heavy (non-hydrogen) atoms. The van der Waals surface area contributed by atoms with Crippen LogP contribution in [0.1, 0.15) is 29.9 Å². The second-order valence-corrected chi connectivity index (χ2v) is 5.59. The van der Waals surface area contributed by atoms with E-state index in [-0.39, 0.29) is 12.2 Å². The number of hydrogen-bond donors (Lipinski definition) is 2. The molecule has 0 aliphatic carbocycles. The number of carbonyl (C=O) groups excluding carboxylic acids is 1. The molecule has 144 valence electrons. The van der Waals surface area contributed by atoms with Crippen LogP contribution in [-0.2, 0) is 22.1 Å². The summed E-state index contributed by atoms with van der Waals surface area (Å²) in [6.45, 7) is 1.53. The smallest absolute Gasteiger partial charge is 0.416 e. The van der Waals surface area contributed by atoms with Gasteiger partial charge >= 0.3 is 18.2 Å². The van der Waals surface area contributed by atoms with E-state index in [2.05, 4.69) is 15.3 Å². The van der Waals surface area contributed by atoms with Gasteiger partial charge in [-0.2, -0.15) is 13.2 Å². The number of nitrogens with one attached hydrogen (secondary N) is 1. The van der Waals surface area contributed by atoms with Crippen LogP contribution in [0.25, 0.3) is 0 Å². The van der Waals surface area contributed by atoms with Crippen molar-refractivity contribution in [1.82, 2.24) is 15.3 Å². The van der Waals surface area contributed by atoms with Crippen molar-refractivity contribution in [1.29, 1.82) is 0 Å². The van der Waals surface area contributed by atoms with Gasteiger partial charge in [-0.05, 0) is 30.7 Å². The first-order valence-electron chi connectivity index (χ1n) is 7.80. The second-order valence-electron chi connectivity index (χ2n) is 5.59. The Labute approximate surface area is 152 Å². The van der Waals surface area contributed by atoms with Crippen LogP contribution < -0.4 is 5.32 Å². The molecule has 2 N–H and O–H groups in total. The van der Waals surface area contributed by atoms with Crippen molar-refractivity contribution in [3.8, 4) is 0 Å². The maximum Gasteiger partial charge on any atom is 0.416 e. The van der Waals surface area contributed by atoms with Crippen molar-refractivity contribution in [2.24, 2.45) is 0 Å². The number of amides is 1. The topological polar surface area (TPSA) is 101 Å². The molecule has 2 aromatic rings. The number of benzene rings is 1. The number of alkyl carbamates (subject to hydrolysis) is 1. The fraction of sp³-hybridized carbons (Fsp3) is 0.294. The van der Waals surface area contributed by atoms with Crippen molar-refractivity contribution >= 4 is 12.1 Å². The number of alkyl halides is 3. The Morgan fingerprint density at radius 2 is 1.78 bits per heavy atom. The fourth-order valence-electron chi connectivity index (χ4n) is 2.16. The Morgan fingerprint density at radius 1 is 1.19 bits per heavy atom. The highest BCUT2D eigenvalue weighted by Gasteiger charge is 2.30. The van der Waals surface area contributed by atoms with Crippen molar-refractivity contribution in [2.45, 2.75) is 31.7 Å². The zero-order valence-corrected chi connectivity index (χ0v) is 14.1. The summed E-state index contributed by atoms with van der Waals surface area (Å²) < 4.78 is 42.6. The predicted molar refractivity (Wildman–Crippen MR) is 86.6 cm³/mol. The van der Waals surface area contributed by atoms with Crippen molar-refractivity contribution in [2.75, 3.05) is 0 Å². The minimum absolute atomic E-state index is 0.188. The third-order valence-corrected chi connectivity index (χ3v) is 3.58. The van der Waals surface area contributed by atoms with E-state index >= 15 is 0 Å². The summed E-state index contributed by atoms with van der Waals surface area (Å²) in [5.74, 6) is -1.19. The van der Waals surface area contributed by atoms with Crippen LogP contribution in [0.5, 0.6) is 0 Å². The SMILES string of the molecule is C[C@H](NC(=O)O[C@H](Cc1ncccn1)C(=O)O)c1ccc(C(F)(F)F)cc1. The van der Waals surface area contributed by atoms with Gasteiger partial charge in [-0.15, -0.1) is 0 Å². The molecule has 0 radical (unpaired) electrons. The van der Waals surface area contributed by atoms with Gasteiger partial charge in [0.2, 0.25) is 6.10 Å². The maximum atomic E-state index is 12.6. The Balaban J connectivity index is 1.97. The summed E-state index contributed by atoms with van der Waals surface area (Å²) in [5.41, 5.74) is -0.409. The zero-order chi connectivity index (χ0) is 20.0. The van der Waals surface area contributed by atoms with E-state index in [9.17, 15) is 27.9 Å². The normalized spacial score (nSPS) is 13.5. The molecular formula is C17H16F3N3O4. The highest BCUT2D eigenvalue weighted by atomic mass is 19.4. The third kappa shape index (κ3) is 5.94. The molecule has 0 spiro atoms. The molecule has 0 aliphatic rings. The molecule has 0 aliphatic heterocycles. The average molecular weight is 383 g/mol. The van der Waals surface area contributed by atoms with Crippen LogP contribution in [0.2, 0.25) is 0 Å². The van der Waals surface area contributed by atoms with Crippen LogP contribution in [0.4, 0.5) is 18.0 Å². The molecule has 1 aromatic heterocycles. The first-order valence-corrected chi connectivity index (χ1v) is 7.80. The standard InChI is InChI=1S/C17H16F3N3O4/c1-10(11-3-5-12(6-4-11)17(18,19)20)23-16(26)27-13(15(24)25)9-14-21-7-2-8-22-14/h2-8,10,13H,9H2,1H3,(H,23,26)(H,24,25)/t10-,13+/m0/s1. The minimum Gasteiger partial charge on any atom is -0.478 e. The lowest BCUT2D eigenvalue weighted by molar-refractivity contribution is -0.146. The monoisotopic (exact) mass is 383 g/mol. The van der Waals surface area contributed by atoms with E-state index in [0.717, 1.165) is 12.1 Å². The Morgan fingerprint density at radius 3 is 2.30 bits per heavy atom. The van der Waals surface area contributed by atoms with E-state index in [1.165, 1.54) is 31.5 Å². The molecular weight excluding hydrogens is 367 g/mol. The third-order valence-electron chi connectivity index (χ3n) is 3.58. The number of nitrogens with zero attached hydrogens (tertiary/aromatic N) is 2. The molecule has 1 aromatic carbocycles. The van der Waals surface area contributed by atoms with Gasteiger partial charge < -0.3 is 15.2 Å². The number of carboxylic acid groups (broad SMARTS) is 1. The van der Waals surface area contributed by atoms with Gasteiger partial charge in [0.1, 0.15) is 5.82 Å². The number of rotatable bonds is 6. The Bertz CT molecular complexity index is 782. The van der Waals surface area contributed by atoms with Gasteiger partial charge in [0.05, 0.1) is 18.0 Å². The first kappa shape index (κ1) is 20.1. The van der Waals surface area contributed by atoms with E-state index in [1.54, 1.807) is 6.07 Å². The van der Waals surface area contributed by atoms with Crippen molar-refractivity contribution in [3.05, 3.63) is 59.7 Å². The minimum atomic E-state index is -4.46. The van der Waals surface area contributed by atoms with Gasteiger partial charge in [0.15, 0.2) is 0 Å². The lowest BCUT2D eigenvalue weighted by Gasteiger charge is -2.18. The summed E-state index contributed by atoms with van der Waals surface area (Å²) in [7, 11) is 0. The van der Waals surface area contributed by atoms with Gasteiger partial charge in [0.25, 0.3) is 0 Å². The Kier molecular flexibility index (Phi) is 6.32. The molecule has 2 atom stereocenters. The zero-order valence-electron chi connectivity index (χ0n) is 14.1. The fourth-order valence-corrected chi connectivity index (χ4v) is 2.16. The first-order chi connectivity index (χ1) is 12.7. The molecule has 1 heterocycles. The highest BCUT2D eigenvalue weighted by Crippen LogP contribution is 2.29. The van der Waals surface area contributed by atoms with E-state index in [0.29, 0.717) is 5.56 Å². The lowest BCUT2D eigenvalue weighted by Crippen LogP contribution is -2.36. The van der Waals surface area contributed by atoms with E-state index in [1.807, 2.05) is 0 Å². The van der Waals surface area contributed by atoms with Crippen LogP contribution in [0.3, 0.4) is 0 Å². The number of ether oxygens (including phenoxy) is 1.